The van der Waals surface area contributed by atoms with Crippen LogP contribution in [0.5, 0.6) is 11.5 Å². The second kappa shape index (κ2) is 5.85. The molecule has 0 saturated carbocycles. The number of nitro groups is 1. The van der Waals surface area contributed by atoms with Crippen molar-refractivity contribution in [1.29, 1.82) is 5.41 Å². The minimum absolute atomic E-state index is 0.0237. The number of nitrogens with one attached hydrogen (secondary N) is 1. The van der Waals surface area contributed by atoms with Crippen LogP contribution in [0.3, 0.4) is 0 Å². The average molecular weight is 254 g/mol. The molecule has 0 spiro atoms. The number of benzene rings is 1. The lowest BCUT2D eigenvalue weighted by atomic mass is 10.1. The van der Waals surface area contributed by atoms with Crippen molar-refractivity contribution in [2.24, 2.45) is 0 Å². The molecule has 0 aliphatic rings. The Kier molecular flexibility index (Phi) is 4.47. The topological polar surface area (TPSA) is 94.7 Å². The van der Waals surface area contributed by atoms with Gasteiger partial charge in [-0.25, -0.2) is 0 Å². The fraction of sp³-hybridized carbons (Fsp3) is 0.364. The van der Waals surface area contributed by atoms with Gasteiger partial charge in [0.15, 0.2) is 5.75 Å². The summed E-state index contributed by atoms with van der Waals surface area (Å²) in [5.74, 6) is 0.0586. The van der Waals surface area contributed by atoms with Gasteiger partial charge in [-0.1, -0.05) is 0 Å². The van der Waals surface area contributed by atoms with Crippen molar-refractivity contribution in [1.82, 2.24) is 0 Å². The number of ether oxygens (including phenoxy) is 3. The number of hydrogen-bond acceptors (Lipinski definition) is 6. The zero-order chi connectivity index (χ0) is 13.7. The average Bonchev–Trinajstić information content (AvgIpc) is 2.37. The highest BCUT2D eigenvalue weighted by Gasteiger charge is 2.23. The highest BCUT2D eigenvalue weighted by Crippen LogP contribution is 2.38. The summed E-state index contributed by atoms with van der Waals surface area (Å²) in [6.45, 7) is 2.03. The van der Waals surface area contributed by atoms with Crippen molar-refractivity contribution in [3.63, 3.8) is 0 Å². The Balaban J connectivity index is 3.36. The Morgan fingerprint density at radius 2 is 2.06 bits per heavy atom. The fourth-order valence-electron chi connectivity index (χ4n) is 1.44. The molecule has 0 amide bonds. The quantitative estimate of drug-likeness (QED) is 0.375. The summed E-state index contributed by atoms with van der Waals surface area (Å²) in [4.78, 5) is 10.3. The standard InChI is InChI=1S/C11H14N2O5/c1-4-18-11(12)7-5-8(13(14)15)10(17-3)9(6-7)16-2/h5-6,12H,4H2,1-3H3. The SMILES string of the molecule is CCOC(=N)c1cc(OC)c(OC)c([N+](=O)[O-])c1. The Bertz CT molecular complexity index is 473. The maximum absolute atomic E-state index is 10.9. The van der Waals surface area contributed by atoms with Crippen LogP contribution in [0.15, 0.2) is 12.1 Å². The lowest BCUT2D eigenvalue weighted by Crippen LogP contribution is -2.07. The third-order valence-electron chi connectivity index (χ3n) is 2.21. The van der Waals surface area contributed by atoms with Gasteiger partial charge in [0.05, 0.1) is 25.7 Å². The van der Waals surface area contributed by atoms with E-state index in [9.17, 15) is 10.1 Å². The summed E-state index contributed by atoms with van der Waals surface area (Å²) in [6.07, 6.45) is 0. The first kappa shape index (κ1) is 13.8. The molecule has 0 heterocycles. The molecule has 1 N–H and O–H groups in total. The van der Waals surface area contributed by atoms with Gasteiger partial charge >= 0.3 is 5.69 Å². The summed E-state index contributed by atoms with van der Waals surface area (Å²) in [6, 6.07) is 2.68. The van der Waals surface area contributed by atoms with E-state index in [0.717, 1.165) is 0 Å². The Morgan fingerprint density at radius 1 is 1.39 bits per heavy atom. The van der Waals surface area contributed by atoms with Crippen LogP contribution in [0.25, 0.3) is 0 Å². The minimum atomic E-state index is -0.593. The largest absolute Gasteiger partial charge is 0.493 e. The van der Waals surface area contributed by atoms with Gasteiger partial charge in [0.2, 0.25) is 11.6 Å². The highest BCUT2D eigenvalue weighted by molar-refractivity contribution is 5.93. The van der Waals surface area contributed by atoms with E-state index in [1.807, 2.05) is 0 Å². The molecule has 0 unspecified atom stereocenters. The van der Waals surface area contributed by atoms with E-state index in [0.29, 0.717) is 6.61 Å². The third-order valence-corrected chi connectivity index (χ3v) is 2.21. The molecule has 7 heteroatoms. The fourth-order valence-corrected chi connectivity index (χ4v) is 1.44. The van der Waals surface area contributed by atoms with E-state index in [1.54, 1.807) is 6.92 Å². The monoisotopic (exact) mass is 254 g/mol. The molecule has 1 aromatic rings. The van der Waals surface area contributed by atoms with Crippen molar-refractivity contribution >= 4 is 11.6 Å². The van der Waals surface area contributed by atoms with E-state index >= 15 is 0 Å². The first-order valence-electron chi connectivity index (χ1n) is 5.17. The predicted molar refractivity (Wildman–Crippen MR) is 64.7 cm³/mol. The molecule has 0 radical (unpaired) electrons. The van der Waals surface area contributed by atoms with Crippen molar-refractivity contribution in [3.8, 4) is 11.5 Å². The first-order chi connectivity index (χ1) is 8.54. The van der Waals surface area contributed by atoms with E-state index < -0.39 is 4.92 Å². The minimum Gasteiger partial charge on any atom is -0.493 e. The summed E-state index contributed by atoms with van der Waals surface area (Å²) in [7, 11) is 2.69. The van der Waals surface area contributed by atoms with Gasteiger partial charge in [0.25, 0.3) is 0 Å². The molecule has 18 heavy (non-hydrogen) atoms. The number of methoxy groups -OCH3 is 2. The van der Waals surface area contributed by atoms with E-state index in [1.165, 1.54) is 26.4 Å². The molecule has 98 valence electrons. The number of nitrogens with zero attached hydrogens (tertiary/aromatic N) is 1. The lowest BCUT2D eigenvalue weighted by Gasteiger charge is -2.11. The van der Waals surface area contributed by atoms with Gasteiger partial charge in [0.1, 0.15) is 0 Å². The summed E-state index contributed by atoms with van der Waals surface area (Å²) in [5, 5.41) is 18.6. The van der Waals surface area contributed by atoms with Crippen LogP contribution in [0.1, 0.15) is 12.5 Å². The van der Waals surface area contributed by atoms with Gasteiger partial charge in [-0.05, 0) is 13.0 Å². The molecule has 0 aliphatic heterocycles. The first-order valence-corrected chi connectivity index (χ1v) is 5.17. The zero-order valence-electron chi connectivity index (χ0n) is 10.4. The predicted octanol–water partition coefficient (Wildman–Crippen LogP) is 1.97. The van der Waals surface area contributed by atoms with Crippen LogP contribution in [0.4, 0.5) is 5.69 Å². The van der Waals surface area contributed by atoms with Gasteiger partial charge in [-0.3, -0.25) is 15.5 Å². The maximum atomic E-state index is 10.9. The molecule has 1 aromatic carbocycles. The lowest BCUT2D eigenvalue weighted by molar-refractivity contribution is -0.385. The van der Waals surface area contributed by atoms with E-state index in [-0.39, 0.29) is 28.6 Å². The van der Waals surface area contributed by atoms with Crippen LogP contribution in [0, 0.1) is 15.5 Å². The van der Waals surface area contributed by atoms with E-state index in [2.05, 4.69) is 0 Å². The number of nitro benzene ring substituents is 1. The van der Waals surface area contributed by atoms with E-state index in [4.69, 9.17) is 19.6 Å². The molecule has 0 aliphatic carbocycles. The number of rotatable bonds is 5. The second-order valence-electron chi connectivity index (χ2n) is 3.25. The van der Waals surface area contributed by atoms with Crippen molar-refractivity contribution in [2.45, 2.75) is 6.92 Å². The molecule has 0 fully saturated rings. The highest BCUT2D eigenvalue weighted by atomic mass is 16.6. The van der Waals surface area contributed by atoms with Gasteiger partial charge in [-0.15, -0.1) is 0 Å². The smallest absolute Gasteiger partial charge is 0.315 e. The molecule has 7 nitrogen and oxygen atoms in total. The van der Waals surface area contributed by atoms with Crippen LogP contribution >= 0.6 is 0 Å². The molecule has 0 saturated heterocycles. The van der Waals surface area contributed by atoms with Crippen LogP contribution in [-0.4, -0.2) is 31.6 Å². The molecule has 0 atom stereocenters. The van der Waals surface area contributed by atoms with Crippen LogP contribution in [0.2, 0.25) is 0 Å². The van der Waals surface area contributed by atoms with Crippen LogP contribution in [-0.2, 0) is 4.74 Å². The van der Waals surface area contributed by atoms with Gasteiger partial charge in [-0.2, -0.15) is 0 Å². The molecule has 1 rings (SSSR count). The number of hydrogen-bond donors (Lipinski definition) is 1. The summed E-state index contributed by atoms with van der Waals surface area (Å²) >= 11 is 0. The molecular weight excluding hydrogens is 240 g/mol. The van der Waals surface area contributed by atoms with Crippen molar-refractivity contribution in [3.05, 3.63) is 27.8 Å². The molecule has 0 aromatic heterocycles. The Labute approximate surface area is 104 Å². The normalized spacial score (nSPS) is 9.72. The van der Waals surface area contributed by atoms with Crippen LogP contribution < -0.4 is 9.47 Å². The van der Waals surface area contributed by atoms with Gasteiger partial charge < -0.3 is 14.2 Å². The second-order valence-corrected chi connectivity index (χ2v) is 3.25. The van der Waals surface area contributed by atoms with Gasteiger partial charge in [0, 0.05) is 11.6 Å². The Morgan fingerprint density at radius 3 is 2.50 bits per heavy atom. The van der Waals surface area contributed by atoms with Crippen molar-refractivity contribution in [2.75, 3.05) is 20.8 Å². The molecule has 0 bridgehead atoms. The summed E-state index contributed by atoms with van der Waals surface area (Å²) < 4.78 is 15.0. The molecular formula is C11H14N2O5. The maximum Gasteiger partial charge on any atom is 0.315 e. The Hall–Kier alpha value is -2.31. The zero-order valence-corrected chi connectivity index (χ0v) is 10.4. The third kappa shape index (κ3) is 2.68. The summed E-state index contributed by atoms with van der Waals surface area (Å²) in [5.41, 5.74) is -0.00231. The van der Waals surface area contributed by atoms with Crippen molar-refractivity contribution < 1.29 is 19.1 Å².